The van der Waals surface area contributed by atoms with Crippen molar-refractivity contribution in [2.75, 3.05) is 39.6 Å². The van der Waals surface area contributed by atoms with Crippen molar-refractivity contribution in [2.24, 2.45) is 0 Å². The lowest BCUT2D eigenvalue weighted by atomic mass is 10.0. The van der Waals surface area contributed by atoms with Gasteiger partial charge in [0.2, 0.25) is 0 Å². The monoisotopic (exact) mass is 1420 g/mol. The third-order valence-corrected chi connectivity index (χ3v) is 18.3. The molecule has 5 unspecified atom stereocenters. The largest absolute Gasteiger partial charge is 0.472 e. The van der Waals surface area contributed by atoms with Crippen molar-refractivity contribution in [1.29, 1.82) is 0 Å². The predicted octanol–water partition coefficient (Wildman–Crippen LogP) is 22.2. The third kappa shape index (κ3) is 70.7. The van der Waals surface area contributed by atoms with Gasteiger partial charge in [0.05, 0.1) is 26.4 Å². The standard InChI is InChI=1S/C79H140O17P2/c1-5-9-13-17-21-25-29-32-34-35-36-37-39-41-45-48-52-56-60-64-77(82)90-70-75(96-79(84)66-62-58-54-50-46-42-38-33-30-26-22-18-14-10-6-2)72-94-98(87,88)92-68-73(80)67-91-97(85,86)93-71-74(95-78(83)65-61-57-53-49-43-28-24-20-16-12-8-4)69-89-76(81)63-59-55-51-47-44-40-31-27-23-19-15-11-7-3/h9,13,20-21,24-25,32,34,36-37,41,45,52,56,73-75,80H,5-8,10-12,14-19,22-23,26-31,33,35,38-40,42-44,46-51,53-55,57-72H2,1-4H3,(H,85,86)(H,87,88)/b13-9-,24-20-,25-21-,34-32-,37-36-,45-41-,56-52-. The van der Waals surface area contributed by atoms with E-state index in [0.29, 0.717) is 32.1 Å². The van der Waals surface area contributed by atoms with Crippen LogP contribution in [0.5, 0.6) is 0 Å². The summed E-state index contributed by atoms with van der Waals surface area (Å²) in [5.74, 6) is -2.26. The van der Waals surface area contributed by atoms with Gasteiger partial charge < -0.3 is 33.8 Å². The molecule has 0 saturated heterocycles. The van der Waals surface area contributed by atoms with Crippen LogP contribution in [0, 0.1) is 0 Å². The highest BCUT2D eigenvalue weighted by Crippen LogP contribution is 2.45. The number of carbonyl (C=O) groups is 4. The molecule has 0 fully saturated rings. The molecule has 0 aliphatic rings. The van der Waals surface area contributed by atoms with Crippen LogP contribution in [-0.2, 0) is 65.4 Å². The lowest BCUT2D eigenvalue weighted by Crippen LogP contribution is -2.30. The zero-order valence-electron chi connectivity index (χ0n) is 62.0. The number of hydrogen-bond acceptors (Lipinski definition) is 15. The molecule has 98 heavy (non-hydrogen) atoms. The number of aliphatic hydroxyl groups excluding tert-OH is 1. The van der Waals surface area contributed by atoms with Gasteiger partial charge in [0.25, 0.3) is 0 Å². The van der Waals surface area contributed by atoms with Gasteiger partial charge in [-0.2, -0.15) is 0 Å². The van der Waals surface area contributed by atoms with E-state index in [1.54, 1.807) is 0 Å². The molecule has 3 N–H and O–H groups in total. The molecule has 0 aliphatic carbocycles. The third-order valence-electron chi connectivity index (χ3n) is 16.4. The minimum atomic E-state index is -4.99. The van der Waals surface area contributed by atoms with E-state index >= 15 is 0 Å². The molecule has 5 atom stereocenters. The summed E-state index contributed by atoms with van der Waals surface area (Å²) >= 11 is 0. The Morgan fingerprint density at radius 2 is 0.561 bits per heavy atom. The fourth-order valence-corrected chi connectivity index (χ4v) is 12.0. The Bertz CT molecular complexity index is 2190. The summed E-state index contributed by atoms with van der Waals surface area (Å²) in [6, 6.07) is 0. The Morgan fingerprint density at radius 3 is 0.908 bits per heavy atom. The smallest absolute Gasteiger partial charge is 0.462 e. The number of phosphoric acid groups is 2. The Labute approximate surface area is 595 Å². The molecule has 0 aromatic rings. The number of rotatable bonds is 73. The Morgan fingerprint density at radius 1 is 0.296 bits per heavy atom. The van der Waals surface area contributed by atoms with Crippen LogP contribution >= 0.6 is 15.6 Å². The fourth-order valence-electron chi connectivity index (χ4n) is 10.5. The summed E-state index contributed by atoms with van der Waals surface area (Å²) in [7, 11) is -9.96. The second-order valence-electron chi connectivity index (χ2n) is 25.9. The van der Waals surface area contributed by atoms with Gasteiger partial charge in [0, 0.05) is 25.7 Å². The van der Waals surface area contributed by atoms with E-state index in [9.17, 15) is 43.2 Å². The van der Waals surface area contributed by atoms with Gasteiger partial charge in [0.15, 0.2) is 12.2 Å². The summed E-state index contributed by atoms with van der Waals surface area (Å²) in [5.41, 5.74) is 0. The molecule has 0 heterocycles. The normalized spacial score (nSPS) is 14.4. The van der Waals surface area contributed by atoms with Crippen LogP contribution in [0.3, 0.4) is 0 Å². The molecule has 0 rings (SSSR count). The molecule has 568 valence electrons. The van der Waals surface area contributed by atoms with Gasteiger partial charge in [-0.3, -0.25) is 37.3 Å². The van der Waals surface area contributed by atoms with Gasteiger partial charge in [-0.25, -0.2) is 9.13 Å². The van der Waals surface area contributed by atoms with E-state index in [0.717, 1.165) is 116 Å². The zero-order chi connectivity index (χ0) is 71.8. The van der Waals surface area contributed by atoms with Crippen molar-refractivity contribution in [3.63, 3.8) is 0 Å². The van der Waals surface area contributed by atoms with Crippen LogP contribution in [0.2, 0.25) is 0 Å². The highest BCUT2D eigenvalue weighted by molar-refractivity contribution is 7.47. The highest BCUT2D eigenvalue weighted by Gasteiger charge is 2.30. The molecule has 17 nitrogen and oxygen atoms in total. The van der Waals surface area contributed by atoms with Gasteiger partial charge in [-0.1, -0.05) is 312 Å². The number of esters is 4. The second kappa shape index (κ2) is 71.6. The summed E-state index contributed by atoms with van der Waals surface area (Å²) < 4.78 is 68.4. The highest BCUT2D eigenvalue weighted by atomic mass is 31.2. The molecule has 0 aromatic carbocycles. The molecule has 0 aromatic heterocycles. The van der Waals surface area contributed by atoms with E-state index < -0.39 is 97.5 Å². The number of ether oxygens (including phenoxy) is 4. The molecule has 19 heteroatoms. The summed E-state index contributed by atoms with van der Waals surface area (Å²) in [6.07, 6.45) is 73.0. The zero-order valence-corrected chi connectivity index (χ0v) is 63.7. The van der Waals surface area contributed by atoms with Gasteiger partial charge in [0.1, 0.15) is 19.3 Å². The van der Waals surface area contributed by atoms with Gasteiger partial charge >= 0.3 is 39.5 Å². The maximum atomic E-state index is 13.1. The maximum absolute atomic E-state index is 13.1. The summed E-state index contributed by atoms with van der Waals surface area (Å²) in [6.45, 7) is 4.67. The first-order valence-electron chi connectivity index (χ1n) is 38.8. The first-order valence-corrected chi connectivity index (χ1v) is 41.8. The van der Waals surface area contributed by atoms with Crippen molar-refractivity contribution in [3.05, 3.63) is 85.1 Å². The average molecular weight is 1420 g/mol. The lowest BCUT2D eigenvalue weighted by Gasteiger charge is -2.21. The van der Waals surface area contributed by atoms with Crippen LogP contribution in [0.4, 0.5) is 0 Å². The van der Waals surface area contributed by atoms with Crippen molar-refractivity contribution in [3.8, 4) is 0 Å². The number of allylic oxidation sites excluding steroid dienone is 14. The van der Waals surface area contributed by atoms with Gasteiger partial charge in [-0.15, -0.1) is 0 Å². The van der Waals surface area contributed by atoms with E-state index in [2.05, 4.69) is 94.5 Å². The van der Waals surface area contributed by atoms with Crippen molar-refractivity contribution in [1.82, 2.24) is 0 Å². The van der Waals surface area contributed by atoms with Crippen LogP contribution in [0.25, 0.3) is 0 Å². The molecule has 0 spiro atoms. The predicted molar refractivity (Wildman–Crippen MR) is 399 cm³/mol. The Kier molecular flexibility index (Phi) is 68.9. The molecule has 0 amide bonds. The first-order chi connectivity index (χ1) is 47.7. The number of unbranched alkanes of at least 4 members (excludes halogenated alkanes) is 33. The molecular formula is C79H140O17P2. The maximum Gasteiger partial charge on any atom is 0.472 e. The van der Waals surface area contributed by atoms with E-state index in [-0.39, 0.29) is 25.7 Å². The number of hydrogen-bond donors (Lipinski definition) is 3. The minimum absolute atomic E-state index is 0.0391. The Balaban J connectivity index is 5.36. The minimum Gasteiger partial charge on any atom is -0.462 e. The van der Waals surface area contributed by atoms with E-state index in [4.69, 9.17) is 37.0 Å². The summed E-state index contributed by atoms with van der Waals surface area (Å²) in [4.78, 5) is 72.8. The van der Waals surface area contributed by atoms with Crippen molar-refractivity contribution in [2.45, 2.75) is 354 Å². The van der Waals surface area contributed by atoms with Crippen LogP contribution in [0.15, 0.2) is 85.1 Å². The molecule has 0 aliphatic heterocycles. The fraction of sp³-hybridized carbons (Fsp3) is 0.772. The molecule has 0 saturated carbocycles. The number of phosphoric ester groups is 2. The topological polar surface area (TPSA) is 237 Å². The number of aliphatic hydroxyl groups is 1. The van der Waals surface area contributed by atoms with Crippen LogP contribution in [-0.4, -0.2) is 96.7 Å². The van der Waals surface area contributed by atoms with E-state index in [1.807, 2.05) is 18.2 Å². The quantitative estimate of drug-likeness (QED) is 0.0169. The van der Waals surface area contributed by atoms with Gasteiger partial charge in [-0.05, 0) is 83.5 Å². The molecular weight excluding hydrogens is 1280 g/mol. The Hall–Kier alpha value is -3.76. The van der Waals surface area contributed by atoms with Crippen molar-refractivity contribution < 1.29 is 80.2 Å². The lowest BCUT2D eigenvalue weighted by molar-refractivity contribution is -0.161. The van der Waals surface area contributed by atoms with E-state index in [1.165, 1.54) is 135 Å². The van der Waals surface area contributed by atoms with Crippen LogP contribution in [0.1, 0.15) is 336 Å². The van der Waals surface area contributed by atoms with Crippen molar-refractivity contribution >= 4 is 39.5 Å². The summed E-state index contributed by atoms with van der Waals surface area (Å²) in [5, 5.41) is 10.6. The van der Waals surface area contributed by atoms with Crippen LogP contribution < -0.4 is 0 Å². The molecule has 0 radical (unpaired) electrons. The second-order valence-corrected chi connectivity index (χ2v) is 28.8. The SMILES string of the molecule is CC/C=C\C/C=C\C/C=C\C/C=C\C/C=C\C/C=C\CCC(=O)OCC(COP(=O)(O)OCC(O)COP(=O)(O)OCC(COC(=O)CCCCCCCCCCCCCCC)OC(=O)CCCCCCC/C=C\CCCC)OC(=O)CCCCCCCCCCCCCCCCC. The number of carbonyl (C=O) groups excluding carboxylic acids is 4. The molecule has 0 bridgehead atoms. The average Bonchev–Trinajstić information content (AvgIpc) is 0.992. The first kappa shape index (κ1) is 94.2.